The van der Waals surface area contributed by atoms with Gasteiger partial charge in [-0.25, -0.2) is 17.9 Å². The lowest BCUT2D eigenvalue weighted by atomic mass is 9.98. The normalized spacial score (nSPS) is 11.9. The molecule has 0 saturated heterocycles. The van der Waals surface area contributed by atoms with Gasteiger partial charge in [-0.3, -0.25) is 4.79 Å². The maximum Gasteiger partial charge on any atom is 0.338 e. The second-order valence-corrected chi connectivity index (χ2v) is 10.7. The first kappa shape index (κ1) is 26.3. The summed E-state index contributed by atoms with van der Waals surface area (Å²) in [7, 11) is -2.63. The average Bonchev–Trinajstić information content (AvgIpc) is 2.71. The number of rotatable bonds is 8. The molecule has 0 unspecified atom stereocenters. The second kappa shape index (κ2) is 10.4. The van der Waals surface area contributed by atoms with Crippen molar-refractivity contribution in [3.05, 3.63) is 53.1 Å². The molecule has 8 nitrogen and oxygen atoms in total. The van der Waals surface area contributed by atoms with Gasteiger partial charge in [0.25, 0.3) is 5.91 Å². The molecule has 0 saturated carbocycles. The molecule has 0 radical (unpaired) electrons. The van der Waals surface area contributed by atoms with Crippen molar-refractivity contribution in [1.29, 1.82) is 0 Å². The van der Waals surface area contributed by atoms with E-state index in [0.29, 0.717) is 5.69 Å². The molecular weight excluding hydrogens is 444 g/mol. The van der Waals surface area contributed by atoms with E-state index in [0.717, 1.165) is 11.1 Å². The number of esters is 1. The number of para-hydroxylation sites is 1. The predicted molar refractivity (Wildman–Crippen MR) is 127 cm³/mol. The molecule has 1 amide bonds. The van der Waals surface area contributed by atoms with Crippen molar-refractivity contribution in [2.45, 2.75) is 57.9 Å². The van der Waals surface area contributed by atoms with Crippen LogP contribution in [0.2, 0.25) is 0 Å². The molecule has 2 N–H and O–H groups in total. The Labute approximate surface area is 195 Å². The molecule has 0 aliphatic rings. The fourth-order valence-electron chi connectivity index (χ4n) is 3.20. The quantitative estimate of drug-likeness (QED) is 0.557. The molecule has 0 atom stereocenters. The minimum Gasteiger partial charge on any atom is -0.495 e. The van der Waals surface area contributed by atoms with Crippen molar-refractivity contribution in [2.24, 2.45) is 0 Å². The first-order valence-electron chi connectivity index (χ1n) is 10.5. The molecule has 2 aromatic rings. The summed E-state index contributed by atoms with van der Waals surface area (Å²) in [6, 6.07) is 9.67. The number of amides is 1. The van der Waals surface area contributed by atoms with Crippen LogP contribution in [-0.2, 0) is 19.6 Å². The van der Waals surface area contributed by atoms with E-state index in [4.69, 9.17) is 9.47 Å². The summed E-state index contributed by atoms with van der Waals surface area (Å²) in [4.78, 5) is 24.8. The third-order valence-corrected chi connectivity index (χ3v) is 6.43. The number of aryl methyl sites for hydroxylation is 1. The Bertz CT molecular complexity index is 1130. The van der Waals surface area contributed by atoms with Gasteiger partial charge in [0.1, 0.15) is 10.6 Å². The van der Waals surface area contributed by atoms with Crippen molar-refractivity contribution in [3.8, 4) is 5.75 Å². The molecule has 180 valence electrons. The van der Waals surface area contributed by atoms with Gasteiger partial charge >= 0.3 is 5.97 Å². The molecule has 2 aromatic carbocycles. The number of anilines is 1. The zero-order valence-corrected chi connectivity index (χ0v) is 20.9. The van der Waals surface area contributed by atoms with Gasteiger partial charge in [0, 0.05) is 11.2 Å². The van der Waals surface area contributed by atoms with E-state index < -0.39 is 34.0 Å². The molecule has 2 rings (SSSR count). The lowest BCUT2D eigenvalue weighted by Crippen LogP contribution is -2.40. The van der Waals surface area contributed by atoms with Crippen molar-refractivity contribution >= 4 is 27.6 Å². The maximum atomic E-state index is 12.8. The van der Waals surface area contributed by atoms with Gasteiger partial charge in [-0.05, 0) is 62.9 Å². The zero-order valence-electron chi connectivity index (χ0n) is 20.1. The first-order valence-corrected chi connectivity index (χ1v) is 12.0. The molecule has 0 spiro atoms. The molecule has 9 heteroatoms. The highest BCUT2D eigenvalue weighted by Crippen LogP contribution is 2.28. The average molecular weight is 477 g/mol. The van der Waals surface area contributed by atoms with Crippen LogP contribution in [0.4, 0.5) is 5.69 Å². The van der Waals surface area contributed by atoms with Crippen LogP contribution in [0.3, 0.4) is 0 Å². The van der Waals surface area contributed by atoms with Crippen LogP contribution in [0.25, 0.3) is 0 Å². The van der Waals surface area contributed by atoms with Crippen molar-refractivity contribution < 1.29 is 27.5 Å². The van der Waals surface area contributed by atoms with Gasteiger partial charge in [0.15, 0.2) is 6.61 Å². The molecule has 0 bridgehead atoms. The van der Waals surface area contributed by atoms with E-state index >= 15 is 0 Å². The molecular formula is C24H32N2O6S. The van der Waals surface area contributed by atoms with Gasteiger partial charge in [0.2, 0.25) is 10.0 Å². The van der Waals surface area contributed by atoms with E-state index in [1.54, 1.807) is 20.8 Å². The monoisotopic (exact) mass is 476 g/mol. The highest BCUT2D eigenvalue weighted by molar-refractivity contribution is 7.89. The highest BCUT2D eigenvalue weighted by atomic mass is 32.2. The number of carbonyl (C=O) groups is 2. The van der Waals surface area contributed by atoms with E-state index in [1.165, 1.54) is 25.3 Å². The number of carbonyl (C=O) groups excluding carboxylic acids is 2. The molecule has 0 aromatic heterocycles. The van der Waals surface area contributed by atoms with Crippen LogP contribution in [0.15, 0.2) is 41.3 Å². The van der Waals surface area contributed by atoms with Crippen LogP contribution in [0, 0.1) is 6.92 Å². The zero-order chi connectivity index (χ0) is 25.0. The van der Waals surface area contributed by atoms with Crippen molar-refractivity contribution in [1.82, 2.24) is 4.72 Å². The van der Waals surface area contributed by atoms with Crippen molar-refractivity contribution in [3.63, 3.8) is 0 Å². The maximum absolute atomic E-state index is 12.8. The fourth-order valence-corrected chi connectivity index (χ4v) is 4.82. The Balaban J connectivity index is 2.18. The summed E-state index contributed by atoms with van der Waals surface area (Å²) < 4.78 is 38.4. The summed E-state index contributed by atoms with van der Waals surface area (Å²) in [5.74, 6) is -1.03. The van der Waals surface area contributed by atoms with Gasteiger partial charge in [-0.1, -0.05) is 32.0 Å². The largest absolute Gasteiger partial charge is 0.495 e. The number of sulfonamides is 1. The Kier molecular flexibility index (Phi) is 8.26. The fraction of sp³-hybridized carbons (Fsp3) is 0.417. The molecule has 0 heterocycles. The van der Waals surface area contributed by atoms with E-state index in [2.05, 4.69) is 10.0 Å². The summed E-state index contributed by atoms with van der Waals surface area (Å²) in [5, 5.41) is 2.80. The Morgan fingerprint density at radius 2 is 1.76 bits per heavy atom. The highest BCUT2D eigenvalue weighted by Gasteiger charge is 2.27. The summed E-state index contributed by atoms with van der Waals surface area (Å²) in [5.41, 5.74) is 1.82. The predicted octanol–water partition coefficient (Wildman–Crippen LogP) is 4.00. The van der Waals surface area contributed by atoms with E-state index in [9.17, 15) is 18.0 Å². The van der Waals surface area contributed by atoms with E-state index in [-0.39, 0.29) is 22.1 Å². The Morgan fingerprint density at radius 1 is 1.09 bits per heavy atom. The van der Waals surface area contributed by atoms with Crippen LogP contribution in [0.5, 0.6) is 5.75 Å². The lowest BCUT2D eigenvalue weighted by molar-refractivity contribution is -0.119. The Hall–Kier alpha value is -2.91. The number of methoxy groups -OCH3 is 1. The minimum atomic E-state index is -3.97. The van der Waals surface area contributed by atoms with Crippen LogP contribution < -0.4 is 14.8 Å². The Morgan fingerprint density at radius 3 is 2.33 bits per heavy atom. The van der Waals surface area contributed by atoms with Crippen LogP contribution in [0.1, 0.15) is 62.0 Å². The van der Waals surface area contributed by atoms with E-state index in [1.807, 2.05) is 39.0 Å². The summed E-state index contributed by atoms with van der Waals surface area (Å²) in [6.07, 6.45) is 0. The first-order chi connectivity index (χ1) is 15.2. The standard InChI is InChI=1S/C24H32N2O6S/c1-15(2)18-10-8-9-16(3)22(18)25-21(27)14-32-23(28)17-11-12-19(31-7)20(13-17)33(29,30)26-24(4,5)6/h8-13,15,26H,14H2,1-7H3,(H,25,27). The molecule has 0 fully saturated rings. The summed E-state index contributed by atoms with van der Waals surface area (Å²) >= 11 is 0. The summed E-state index contributed by atoms with van der Waals surface area (Å²) in [6.45, 7) is 10.5. The number of ether oxygens (including phenoxy) is 2. The molecule has 33 heavy (non-hydrogen) atoms. The van der Waals surface area contributed by atoms with Crippen LogP contribution >= 0.6 is 0 Å². The third-order valence-electron chi connectivity index (χ3n) is 4.66. The smallest absolute Gasteiger partial charge is 0.338 e. The second-order valence-electron chi connectivity index (χ2n) is 9.04. The number of hydrogen-bond donors (Lipinski definition) is 2. The van der Waals surface area contributed by atoms with Gasteiger partial charge in [-0.15, -0.1) is 0 Å². The molecule has 0 aliphatic carbocycles. The number of hydrogen-bond acceptors (Lipinski definition) is 6. The SMILES string of the molecule is COc1ccc(C(=O)OCC(=O)Nc2c(C)cccc2C(C)C)cc1S(=O)(=O)NC(C)(C)C. The van der Waals surface area contributed by atoms with Gasteiger partial charge in [0.05, 0.1) is 12.7 Å². The minimum absolute atomic E-state index is 0.0170. The van der Waals surface area contributed by atoms with Gasteiger partial charge in [-0.2, -0.15) is 0 Å². The topological polar surface area (TPSA) is 111 Å². The van der Waals surface area contributed by atoms with Crippen molar-refractivity contribution in [2.75, 3.05) is 19.0 Å². The number of nitrogens with one attached hydrogen (secondary N) is 2. The number of benzene rings is 2. The van der Waals surface area contributed by atoms with Crippen LogP contribution in [-0.4, -0.2) is 39.5 Å². The molecule has 0 aliphatic heterocycles. The third kappa shape index (κ3) is 7.03. The lowest BCUT2D eigenvalue weighted by Gasteiger charge is -2.21. The van der Waals surface area contributed by atoms with Gasteiger partial charge < -0.3 is 14.8 Å².